The first-order valence-electron chi connectivity index (χ1n) is 14.1. The number of para-hydroxylation sites is 2. The molecule has 1 fully saturated rings. The van der Waals surface area contributed by atoms with Crippen LogP contribution < -0.4 is 26.2 Å². The van der Waals surface area contributed by atoms with E-state index in [4.69, 9.17) is 0 Å². The second-order valence-electron chi connectivity index (χ2n) is 13.8. The molecule has 4 heterocycles. The zero-order chi connectivity index (χ0) is 25.0. The fourth-order valence-electron chi connectivity index (χ4n) is 9.16. The number of hydrogen-bond donors (Lipinski definition) is 0. The lowest BCUT2D eigenvalue weighted by molar-refractivity contribution is 0.195. The molecule has 4 aliphatic heterocycles. The predicted octanol–water partition coefficient (Wildman–Crippen LogP) is 6.09. The second kappa shape index (κ2) is 6.06. The average molecular weight is 472 g/mol. The minimum Gasteiger partial charge on any atom is -0.336 e. The molecule has 3 heteroatoms. The van der Waals surface area contributed by atoms with Crippen molar-refractivity contribution in [2.24, 2.45) is 0 Å². The largest absolute Gasteiger partial charge is 0.336 e. The van der Waals surface area contributed by atoms with Gasteiger partial charge in [-0.25, -0.2) is 0 Å². The molecule has 5 aliphatic rings. The van der Waals surface area contributed by atoms with Gasteiger partial charge in [-0.05, 0) is 85.7 Å². The van der Waals surface area contributed by atoms with Crippen LogP contribution in [0, 0.1) is 6.92 Å². The molecule has 0 saturated heterocycles. The molecular weight excluding hydrogens is 435 g/mol. The minimum atomic E-state index is -0.0195. The Bertz CT molecular complexity index is 1520. The van der Waals surface area contributed by atoms with Crippen molar-refractivity contribution in [3.8, 4) is 0 Å². The first kappa shape index (κ1) is 21.4. The van der Waals surface area contributed by atoms with Gasteiger partial charge in [0.15, 0.2) is 0 Å². The normalized spacial score (nSPS) is 29.0. The van der Waals surface area contributed by atoms with E-state index >= 15 is 0 Å². The van der Waals surface area contributed by atoms with E-state index in [9.17, 15) is 0 Å². The zero-order valence-corrected chi connectivity index (χ0v) is 22.9. The van der Waals surface area contributed by atoms with Crippen LogP contribution in [-0.4, -0.2) is 17.8 Å². The molecule has 0 bridgehead atoms. The van der Waals surface area contributed by atoms with Crippen LogP contribution in [-0.2, 0) is 10.8 Å². The Morgan fingerprint density at radius 1 is 0.722 bits per heavy atom. The van der Waals surface area contributed by atoms with Crippen molar-refractivity contribution in [2.45, 2.75) is 96.1 Å². The van der Waals surface area contributed by atoms with Crippen molar-refractivity contribution in [1.29, 1.82) is 0 Å². The van der Waals surface area contributed by atoms with Crippen LogP contribution in [0.1, 0.15) is 83.9 Å². The molecular formula is C33H37BN2. The Balaban J connectivity index is 1.54. The minimum absolute atomic E-state index is 0.0195. The van der Waals surface area contributed by atoms with Gasteiger partial charge in [-0.2, -0.15) is 0 Å². The summed E-state index contributed by atoms with van der Waals surface area (Å²) >= 11 is 0. The van der Waals surface area contributed by atoms with Crippen LogP contribution in [0.2, 0.25) is 0 Å². The first-order valence-corrected chi connectivity index (χ1v) is 14.1. The molecule has 2 atom stereocenters. The Morgan fingerprint density at radius 2 is 1.31 bits per heavy atom. The third-order valence-electron chi connectivity index (χ3n) is 11.9. The van der Waals surface area contributed by atoms with Crippen molar-refractivity contribution in [3.05, 3.63) is 65.2 Å². The van der Waals surface area contributed by atoms with E-state index in [2.05, 4.69) is 107 Å². The molecule has 182 valence electrons. The lowest BCUT2D eigenvalue weighted by Crippen LogP contribution is -2.66. The van der Waals surface area contributed by atoms with Crippen molar-refractivity contribution in [2.75, 3.05) is 9.80 Å². The maximum atomic E-state index is 2.84. The summed E-state index contributed by atoms with van der Waals surface area (Å²) in [6.07, 6.45) is 5.20. The number of rotatable bonds is 0. The smallest absolute Gasteiger partial charge is 0.252 e. The number of fused-ring (bicyclic) bond motifs is 7. The van der Waals surface area contributed by atoms with E-state index in [0.29, 0.717) is 6.71 Å². The lowest BCUT2D eigenvalue weighted by Gasteiger charge is -2.53. The average Bonchev–Trinajstić information content (AvgIpc) is 3.14. The highest BCUT2D eigenvalue weighted by molar-refractivity contribution is 7.00. The number of benzene rings is 3. The standard InChI is InChI=1S/C33H37BN2/c1-20-18-25-27-26(19-20)36-29-22(32(6)16-8-9-17-33(32,36)7)13-11-15-24(29)34(27)23-14-10-12-21-28(23)35(25)31(4,5)30(21,2)3/h10-15,18-19H,8-9,16-17H2,1-7H3. The molecule has 1 saturated carbocycles. The van der Waals surface area contributed by atoms with Crippen LogP contribution in [0.15, 0.2) is 48.5 Å². The highest BCUT2D eigenvalue weighted by atomic mass is 15.3. The third-order valence-corrected chi connectivity index (χ3v) is 11.9. The van der Waals surface area contributed by atoms with Gasteiger partial charge in [0.2, 0.25) is 0 Å². The van der Waals surface area contributed by atoms with Gasteiger partial charge in [0, 0.05) is 39.1 Å². The zero-order valence-electron chi connectivity index (χ0n) is 22.9. The number of hydrogen-bond acceptors (Lipinski definition) is 2. The Kier molecular flexibility index (Phi) is 3.61. The Morgan fingerprint density at radius 3 is 2.00 bits per heavy atom. The summed E-state index contributed by atoms with van der Waals surface area (Å²) in [5.74, 6) is 0. The van der Waals surface area contributed by atoms with Gasteiger partial charge < -0.3 is 9.80 Å². The third kappa shape index (κ3) is 1.99. The van der Waals surface area contributed by atoms with Crippen LogP contribution in [0.5, 0.6) is 0 Å². The van der Waals surface area contributed by atoms with Crippen LogP contribution in [0.3, 0.4) is 0 Å². The molecule has 3 aromatic rings. The van der Waals surface area contributed by atoms with E-state index in [-0.39, 0.29) is 21.9 Å². The molecule has 3 aromatic carbocycles. The SMILES string of the molecule is Cc1cc2c3c(c1)N1c4c(cccc4C4(C)CCCCC14C)B3c1cccc3c1N2C(C)(C)C3(C)C. The highest BCUT2D eigenvalue weighted by Gasteiger charge is 2.62. The van der Waals surface area contributed by atoms with E-state index in [1.165, 1.54) is 75.9 Å². The van der Waals surface area contributed by atoms with E-state index in [0.717, 1.165) is 0 Å². The molecule has 0 aromatic heterocycles. The maximum absolute atomic E-state index is 2.84. The molecule has 8 rings (SSSR count). The van der Waals surface area contributed by atoms with Crippen LogP contribution in [0.4, 0.5) is 22.7 Å². The second-order valence-corrected chi connectivity index (χ2v) is 13.8. The molecule has 1 aliphatic carbocycles. The van der Waals surface area contributed by atoms with Crippen molar-refractivity contribution < 1.29 is 0 Å². The summed E-state index contributed by atoms with van der Waals surface area (Å²) in [6, 6.07) is 19.4. The van der Waals surface area contributed by atoms with Crippen molar-refractivity contribution in [3.63, 3.8) is 0 Å². The number of nitrogens with zero attached hydrogens (tertiary/aromatic N) is 2. The fraction of sp³-hybridized carbons (Fsp3) is 0.455. The van der Waals surface area contributed by atoms with Gasteiger partial charge in [0.05, 0.1) is 5.54 Å². The summed E-state index contributed by atoms with van der Waals surface area (Å²) in [6.45, 7) is 17.5. The molecule has 0 amide bonds. The first-order chi connectivity index (χ1) is 17.0. The summed E-state index contributed by atoms with van der Waals surface area (Å²) in [7, 11) is 0. The molecule has 2 nitrogen and oxygen atoms in total. The predicted molar refractivity (Wildman–Crippen MR) is 154 cm³/mol. The van der Waals surface area contributed by atoms with E-state index in [1.54, 1.807) is 5.56 Å². The van der Waals surface area contributed by atoms with E-state index in [1.807, 2.05) is 0 Å². The van der Waals surface area contributed by atoms with Gasteiger partial charge in [-0.3, -0.25) is 0 Å². The highest BCUT2D eigenvalue weighted by Crippen LogP contribution is 2.62. The number of aryl methyl sites for hydroxylation is 1. The van der Waals surface area contributed by atoms with Crippen molar-refractivity contribution in [1.82, 2.24) is 0 Å². The summed E-state index contributed by atoms with van der Waals surface area (Å²) < 4.78 is 0. The molecule has 2 unspecified atom stereocenters. The quantitative estimate of drug-likeness (QED) is 0.366. The van der Waals surface area contributed by atoms with Crippen LogP contribution >= 0.6 is 0 Å². The maximum Gasteiger partial charge on any atom is 0.252 e. The van der Waals surface area contributed by atoms with Crippen molar-refractivity contribution >= 4 is 45.9 Å². The lowest BCUT2D eigenvalue weighted by atomic mass is 9.33. The monoisotopic (exact) mass is 472 g/mol. The Hall–Kier alpha value is -2.68. The molecule has 0 spiro atoms. The molecule has 36 heavy (non-hydrogen) atoms. The topological polar surface area (TPSA) is 6.48 Å². The molecule has 0 N–H and O–H groups in total. The van der Waals surface area contributed by atoms with E-state index < -0.39 is 0 Å². The van der Waals surface area contributed by atoms with Gasteiger partial charge >= 0.3 is 0 Å². The molecule has 0 radical (unpaired) electrons. The van der Waals surface area contributed by atoms with Crippen LogP contribution in [0.25, 0.3) is 0 Å². The summed E-state index contributed by atoms with van der Waals surface area (Å²) in [4.78, 5) is 5.57. The van der Waals surface area contributed by atoms with Gasteiger partial charge in [0.1, 0.15) is 0 Å². The number of anilines is 4. The van der Waals surface area contributed by atoms with Gasteiger partial charge in [0.25, 0.3) is 6.71 Å². The summed E-state index contributed by atoms with van der Waals surface area (Å²) in [5.41, 5.74) is 15.3. The Labute approximate surface area is 216 Å². The summed E-state index contributed by atoms with van der Waals surface area (Å²) in [5, 5.41) is 0. The van der Waals surface area contributed by atoms with Gasteiger partial charge in [-0.15, -0.1) is 0 Å². The van der Waals surface area contributed by atoms with Gasteiger partial charge in [-0.1, -0.05) is 70.0 Å². The fourth-order valence-corrected chi connectivity index (χ4v) is 9.16.